The molecule has 0 aromatic carbocycles. The van der Waals surface area contributed by atoms with Gasteiger partial charge in [-0.05, 0) is 12.3 Å². The summed E-state index contributed by atoms with van der Waals surface area (Å²) in [5, 5.41) is 12.2. The molecule has 100 valence electrons. The molecule has 2 heterocycles. The van der Waals surface area contributed by atoms with E-state index in [1.807, 2.05) is 0 Å². The third-order valence-electron chi connectivity index (χ3n) is 2.86. The van der Waals surface area contributed by atoms with Crippen LogP contribution in [0.1, 0.15) is 24.6 Å². The molecule has 0 aliphatic carbocycles. The first-order valence-corrected chi connectivity index (χ1v) is 7.50. The van der Waals surface area contributed by atoms with E-state index in [1.54, 1.807) is 0 Å². The summed E-state index contributed by atoms with van der Waals surface area (Å²) in [5.41, 5.74) is 0. The Kier molecular flexibility index (Phi) is 3.65. The Morgan fingerprint density at radius 1 is 1.50 bits per heavy atom. The van der Waals surface area contributed by atoms with E-state index < -0.39 is 15.8 Å². The van der Waals surface area contributed by atoms with E-state index in [4.69, 9.17) is 9.63 Å². The van der Waals surface area contributed by atoms with Crippen LogP contribution in [-0.2, 0) is 27.5 Å². The van der Waals surface area contributed by atoms with Crippen LogP contribution in [-0.4, -0.2) is 41.1 Å². The highest BCUT2D eigenvalue weighted by atomic mass is 32.2. The summed E-state index contributed by atoms with van der Waals surface area (Å²) in [6.45, 7) is 0. The third kappa shape index (κ3) is 3.52. The largest absolute Gasteiger partial charge is 0.481 e. The molecule has 8 heteroatoms. The van der Waals surface area contributed by atoms with Crippen molar-refractivity contribution in [1.82, 2.24) is 10.1 Å². The van der Waals surface area contributed by atoms with E-state index in [-0.39, 0.29) is 30.3 Å². The fraction of sp³-hybridized carbons (Fsp3) is 0.700. The molecule has 1 aromatic rings. The molecule has 0 radical (unpaired) electrons. The number of carboxylic acids is 1. The van der Waals surface area contributed by atoms with Gasteiger partial charge in [-0.25, -0.2) is 8.42 Å². The first-order chi connectivity index (χ1) is 8.44. The van der Waals surface area contributed by atoms with Crippen molar-refractivity contribution in [2.75, 3.05) is 11.5 Å². The lowest BCUT2D eigenvalue weighted by Crippen LogP contribution is -2.07. The molecule has 2 rings (SSSR count). The number of hydrogen-bond acceptors (Lipinski definition) is 6. The second-order valence-electron chi connectivity index (χ2n) is 4.47. The highest BCUT2D eigenvalue weighted by Gasteiger charge is 2.29. The maximum Gasteiger partial charge on any atom is 0.303 e. The first-order valence-electron chi connectivity index (χ1n) is 5.68. The van der Waals surface area contributed by atoms with Crippen molar-refractivity contribution in [3.8, 4) is 0 Å². The number of aromatic nitrogens is 2. The summed E-state index contributed by atoms with van der Waals surface area (Å²) >= 11 is 0. The molecule has 1 aliphatic heterocycles. The van der Waals surface area contributed by atoms with Crippen molar-refractivity contribution >= 4 is 15.8 Å². The summed E-state index contributed by atoms with van der Waals surface area (Å²) in [6, 6.07) is 0. The van der Waals surface area contributed by atoms with Crippen molar-refractivity contribution in [2.45, 2.75) is 25.7 Å². The molecular weight excluding hydrogens is 260 g/mol. The number of carboxylic acid groups (broad SMARTS) is 1. The minimum Gasteiger partial charge on any atom is -0.481 e. The molecule has 0 spiro atoms. The van der Waals surface area contributed by atoms with Gasteiger partial charge in [0.2, 0.25) is 5.89 Å². The van der Waals surface area contributed by atoms with Gasteiger partial charge < -0.3 is 9.63 Å². The van der Waals surface area contributed by atoms with Crippen LogP contribution in [0.2, 0.25) is 0 Å². The quantitative estimate of drug-likeness (QED) is 0.808. The van der Waals surface area contributed by atoms with Crippen molar-refractivity contribution in [3.63, 3.8) is 0 Å². The molecule has 1 saturated heterocycles. The summed E-state index contributed by atoms with van der Waals surface area (Å²) in [4.78, 5) is 14.4. The monoisotopic (exact) mass is 274 g/mol. The Bertz CT molecular complexity index is 536. The molecule has 1 atom stereocenters. The predicted molar refractivity (Wildman–Crippen MR) is 60.7 cm³/mol. The molecule has 1 unspecified atom stereocenters. The van der Waals surface area contributed by atoms with E-state index in [0.29, 0.717) is 24.6 Å². The lowest BCUT2D eigenvalue weighted by molar-refractivity contribution is -0.137. The Hall–Kier alpha value is -1.44. The van der Waals surface area contributed by atoms with Gasteiger partial charge in [-0.15, -0.1) is 0 Å². The summed E-state index contributed by atoms with van der Waals surface area (Å²) in [7, 11) is -2.90. The summed E-state index contributed by atoms with van der Waals surface area (Å²) in [6.07, 6.45) is 1.24. The highest BCUT2D eigenvalue weighted by Crippen LogP contribution is 2.21. The van der Waals surface area contributed by atoms with Gasteiger partial charge in [0.25, 0.3) is 0 Å². The molecule has 7 nitrogen and oxygen atoms in total. The Labute approximate surface area is 104 Å². The van der Waals surface area contributed by atoms with Crippen molar-refractivity contribution in [1.29, 1.82) is 0 Å². The maximum absolute atomic E-state index is 11.3. The van der Waals surface area contributed by atoms with E-state index >= 15 is 0 Å². The van der Waals surface area contributed by atoms with Gasteiger partial charge in [0.1, 0.15) is 0 Å². The fourth-order valence-electron chi connectivity index (χ4n) is 1.97. The predicted octanol–water partition coefficient (Wildman–Crippen LogP) is 0.0640. The SMILES string of the molecule is O=C(O)CCc1noc(CC2CCS(=O)(=O)C2)n1. The van der Waals surface area contributed by atoms with E-state index in [9.17, 15) is 13.2 Å². The lowest BCUT2D eigenvalue weighted by Gasteiger charge is -2.01. The van der Waals surface area contributed by atoms with Gasteiger partial charge in [0.05, 0.1) is 17.9 Å². The molecule has 18 heavy (non-hydrogen) atoms. The minimum absolute atomic E-state index is 0.0303. The zero-order valence-corrected chi connectivity index (χ0v) is 10.5. The Morgan fingerprint density at radius 2 is 2.28 bits per heavy atom. The minimum atomic E-state index is -2.90. The summed E-state index contributed by atoms with van der Waals surface area (Å²) < 4.78 is 27.5. The molecule has 0 saturated carbocycles. The van der Waals surface area contributed by atoms with Crippen LogP contribution in [0.25, 0.3) is 0 Å². The van der Waals surface area contributed by atoms with E-state index in [1.165, 1.54) is 0 Å². The topological polar surface area (TPSA) is 110 Å². The van der Waals surface area contributed by atoms with Crippen LogP contribution in [0.4, 0.5) is 0 Å². The standard InChI is InChI=1S/C10H14N2O5S/c13-10(14)2-1-8-11-9(17-12-8)5-7-3-4-18(15,16)6-7/h7H,1-6H2,(H,13,14). The molecular formula is C10H14N2O5S. The van der Waals surface area contributed by atoms with Gasteiger partial charge in [-0.1, -0.05) is 5.16 Å². The number of rotatable bonds is 5. The number of aliphatic carboxylic acids is 1. The average Bonchev–Trinajstić information content (AvgIpc) is 2.83. The van der Waals surface area contributed by atoms with Gasteiger partial charge in [-0.3, -0.25) is 4.79 Å². The lowest BCUT2D eigenvalue weighted by atomic mass is 10.1. The van der Waals surface area contributed by atoms with Crippen LogP contribution in [0.15, 0.2) is 4.52 Å². The number of nitrogens with zero attached hydrogens (tertiary/aromatic N) is 2. The molecule has 1 fully saturated rings. The van der Waals surface area contributed by atoms with Crippen LogP contribution < -0.4 is 0 Å². The second-order valence-corrected chi connectivity index (χ2v) is 6.70. The molecule has 0 bridgehead atoms. The second kappa shape index (κ2) is 5.05. The molecule has 0 amide bonds. The normalized spacial score (nSPS) is 22.1. The van der Waals surface area contributed by atoms with Crippen LogP contribution in [0.5, 0.6) is 0 Å². The molecule has 1 N–H and O–H groups in total. The van der Waals surface area contributed by atoms with Crippen molar-refractivity contribution in [3.05, 3.63) is 11.7 Å². The number of carbonyl (C=O) groups is 1. The molecule has 1 aliphatic rings. The number of hydrogen-bond donors (Lipinski definition) is 1. The van der Waals surface area contributed by atoms with Crippen LogP contribution in [0.3, 0.4) is 0 Å². The highest BCUT2D eigenvalue weighted by molar-refractivity contribution is 7.91. The first kappa shape index (κ1) is 13.0. The van der Waals surface area contributed by atoms with E-state index in [2.05, 4.69) is 10.1 Å². The third-order valence-corrected chi connectivity index (χ3v) is 4.70. The van der Waals surface area contributed by atoms with Crippen molar-refractivity contribution in [2.24, 2.45) is 5.92 Å². The zero-order chi connectivity index (χ0) is 13.2. The Morgan fingerprint density at radius 3 is 2.89 bits per heavy atom. The van der Waals surface area contributed by atoms with Crippen LogP contribution in [0, 0.1) is 5.92 Å². The zero-order valence-electron chi connectivity index (χ0n) is 9.70. The fourth-order valence-corrected chi connectivity index (χ4v) is 3.84. The number of aryl methyl sites for hydroxylation is 1. The Balaban J connectivity index is 1.89. The smallest absolute Gasteiger partial charge is 0.303 e. The maximum atomic E-state index is 11.3. The number of sulfone groups is 1. The molecule has 1 aromatic heterocycles. The van der Waals surface area contributed by atoms with Gasteiger partial charge in [-0.2, -0.15) is 4.98 Å². The van der Waals surface area contributed by atoms with Gasteiger partial charge in [0.15, 0.2) is 15.7 Å². The summed E-state index contributed by atoms with van der Waals surface area (Å²) in [5.74, 6) is 0.245. The van der Waals surface area contributed by atoms with Gasteiger partial charge in [0, 0.05) is 12.8 Å². The average molecular weight is 274 g/mol. The van der Waals surface area contributed by atoms with E-state index in [0.717, 1.165) is 0 Å². The van der Waals surface area contributed by atoms with Gasteiger partial charge >= 0.3 is 5.97 Å². The van der Waals surface area contributed by atoms with Crippen LogP contribution >= 0.6 is 0 Å². The van der Waals surface area contributed by atoms with Crippen molar-refractivity contribution < 1.29 is 22.8 Å².